The van der Waals surface area contributed by atoms with Gasteiger partial charge in [0.05, 0.1) is 23.9 Å². The zero-order valence-electron chi connectivity index (χ0n) is 20.6. The molecule has 1 atom stereocenters. The maximum Gasteiger partial charge on any atom is 0.490 e. The number of hydrogen-bond acceptors (Lipinski definition) is 8. The highest BCUT2D eigenvalue weighted by Gasteiger charge is 2.38. The number of carboxylic acid groups (broad SMARTS) is 2. The third kappa shape index (κ3) is 13.4. The number of unbranched alkanes of at least 4 members (excludes halogenated alkanes) is 1. The van der Waals surface area contributed by atoms with Gasteiger partial charge in [0.2, 0.25) is 11.8 Å². The number of carboxylic acids is 2. The number of halogens is 4. The van der Waals surface area contributed by atoms with Crippen LogP contribution in [0.1, 0.15) is 37.3 Å². The number of alkyl halides is 3. The van der Waals surface area contributed by atoms with Crippen molar-refractivity contribution in [3.05, 3.63) is 63.3 Å². The van der Waals surface area contributed by atoms with Crippen LogP contribution in [0, 0.1) is 10.1 Å². The number of pyridine rings is 1. The second-order valence-electron chi connectivity index (χ2n) is 7.86. The molecular weight excluding hydrogens is 567 g/mol. The number of rotatable bonds is 13. The van der Waals surface area contributed by atoms with E-state index in [0.29, 0.717) is 13.0 Å². The molecule has 1 aromatic heterocycles. The number of amides is 2. The molecule has 2 rings (SSSR count). The predicted octanol–water partition coefficient (Wildman–Crippen LogP) is 3.31. The second-order valence-corrected chi connectivity index (χ2v) is 8.27. The van der Waals surface area contributed by atoms with Crippen molar-refractivity contribution in [3.63, 3.8) is 0 Å². The number of nitrogens with zero attached hydrogens (tertiary/aromatic N) is 2. The molecule has 0 bridgehead atoms. The highest BCUT2D eigenvalue weighted by molar-refractivity contribution is 6.32. The molecule has 0 saturated heterocycles. The monoisotopic (exact) mass is 591 g/mol. The smallest absolute Gasteiger partial charge is 0.481 e. The lowest BCUT2D eigenvalue weighted by atomic mass is 10.0. The van der Waals surface area contributed by atoms with E-state index in [9.17, 15) is 37.7 Å². The summed E-state index contributed by atoms with van der Waals surface area (Å²) in [6, 6.07) is 8.28. The van der Waals surface area contributed by atoms with Gasteiger partial charge < -0.3 is 26.2 Å². The van der Waals surface area contributed by atoms with Gasteiger partial charge in [-0.25, -0.2) is 9.78 Å². The van der Waals surface area contributed by atoms with Crippen LogP contribution in [0.2, 0.25) is 5.02 Å². The van der Waals surface area contributed by atoms with Crippen molar-refractivity contribution < 1.29 is 47.5 Å². The minimum atomic E-state index is -5.08. The maximum absolute atomic E-state index is 12.2. The van der Waals surface area contributed by atoms with Crippen molar-refractivity contribution in [3.8, 4) is 0 Å². The van der Waals surface area contributed by atoms with E-state index in [-0.39, 0.29) is 29.5 Å². The molecular formula is C23H25ClF3N5O8. The summed E-state index contributed by atoms with van der Waals surface area (Å²) in [7, 11) is 0. The van der Waals surface area contributed by atoms with Crippen molar-refractivity contribution in [2.75, 3.05) is 18.4 Å². The Balaban J connectivity index is 0.00000101. The van der Waals surface area contributed by atoms with E-state index >= 15 is 0 Å². The maximum atomic E-state index is 12.2. The lowest BCUT2D eigenvalue weighted by Crippen LogP contribution is -2.39. The van der Waals surface area contributed by atoms with Crippen LogP contribution in [0.5, 0.6) is 0 Å². The third-order valence-electron chi connectivity index (χ3n) is 4.77. The summed E-state index contributed by atoms with van der Waals surface area (Å²) >= 11 is 5.78. The van der Waals surface area contributed by atoms with Crippen LogP contribution in [-0.4, -0.2) is 63.1 Å². The van der Waals surface area contributed by atoms with E-state index in [4.69, 9.17) is 26.6 Å². The Morgan fingerprint density at radius 2 is 1.75 bits per heavy atom. The van der Waals surface area contributed by atoms with Gasteiger partial charge in [0, 0.05) is 25.2 Å². The fraction of sp³-hybridized carbons (Fsp3) is 0.348. The van der Waals surface area contributed by atoms with Crippen molar-refractivity contribution in [1.29, 1.82) is 0 Å². The third-order valence-corrected chi connectivity index (χ3v) is 5.09. The molecule has 13 nitrogen and oxygen atoms in total. The number of carbonyl (C=O) groups excluding carboxylic acids is 2. The normalized spacial score (nSPS) is 11.3. The Hall–Kier alpha value is -4.47. The van der Waals surface area contributed by atoms with Gasteiger partial charge in [0.25, 0.3) is 5.69 Å². The molecule has 0 aliphatic rings. The van der Waals surface area contributed by atoms with E-state index < -0.39 is 47.1 Å². The highest BCUT2D eigenvalue weighted by atomic mass is 35.5. The standard InChI is InChI=1S/C21H24ClN5O6.C2HF3O2/c22-15-8-7-14(11-17(15)27(32)33)16(12-21(30)31)26-20(29)13-25-19(28)6-2-4-10-24-18-5-1-3-9-23-18;3-2(4,5)1(6)7/h1,3,5,7-9,11,16H,2,4,6,10,12-13H2,(H,23,24)(H,25,28)(H,26,29)(H,30,31);(H,6,7). The van der Waals surface area contributed by atoms with Gasteiger partial charge in [-0.15, -0.1) is 0 Å². The number of nitrogens with one attached hydrogen (secondary N) is 3. The molecule has 2 aromatic rings. The molecule has 218 valence electrons. The molecule has 0 aliphatic carbocycles. The number of aliphatic carboxylic acids is 2. The van der Waals surface area contributed by atoms with Gasteiger partial charge in [-0.05, 0) is 36.6 Å². The Kier molecular flexibility index (Phi) is 13.8. The number of nitro benzene ring substituents is 1. The summed E-state index contributed by atoms with van der Waals surface area (Å²) in [5.41, 5.74) is -0.182. The van der Waals surface area contributed by atoms with Gasteiger partial charge in [0.15, 0.2) is 0 Å². The first-order valence-corrected chi connectivity index (χ1v) is 11.7. The summed E-state index contributed by atoms with van der Waals surface area (Å²) < 4.78 is 31.7. The molecule has 1 heterocycles. The van der Waals surface area contributed by atoms with E-state index in [0.717, 1.165) is 18.3 Å². The van der Waals surface area contributed by atoms with Crippen LogP contribution in [0.3, 0.4) is 0 Å². The molecule has 0 spiro atoms. The molecule has 40 heavy (non-hydrogen) atoms. The van der Waals surface area contributed by atoms with E-state index in [1.54, 1.807) is 6.20 Å². The van der Waals surface area contributed by atoms with E-state index in [1.807, 2.05) is 18.2 Å². The summed E-state index contributed by atoms with van der Waals surface area (Å²) in [5.74, 6) is -4.15. The minimum Gasteiger partial charge on any atom is -0.481 e. The van der Waals surface area contributed by atoms with Crippen LogP contribution in [0.15, 0.2) is 42.6 Å². The Labute approximate surface area is 229 Å². The zero-order chi connectivity index (χ0) is 30.3. The van der Waals surface area contributed by atoms with Crippen molar-refractivity contribution >= 4 is 46.9 Å². The van der Waals surface area contributed by atoms with Crippen LogP contribution >= 0.6 is 11.6 Å². The summed E-state index contributed by atoms with van der Waals surface area (Å²) in [6.45, 7) is 0.297. The second kappa shape index (κ2) is 16.5. The number of hydrogen-bond donors (Lipinski definition) is 5. The number of aromatic nitrogens is 1. The zero-order valence-corrected chi connectivity index (χ0v) is 21.4. The number of carbonyl (C=O) groups is 4. The Morgan fingerprint density at radius 3 is 2.30 bits per heavy atom. The number of anilines is 1. The largest absolute Gasteiger partial charge is 0.490 e. The average Bonchev–Trinajstić information content (AvgIpc) is 2.87. The first kappa shape index (κ1) is 33.6. The summed E-state index contributed by atoms with van der Waals surface area (Å²) in [5, 5.41) is 35.3. The van der Waals surface area contributed by atoms with Gasteiger partial charge in [0.1, 0.15) is 10.8 Å². The number of nitro groups is 1. The van der Waals surface area contributed by atoms with E-state index in [2.05, 4.69) is 20.9 Å². The van der Waals surface area contributed by atoms with Crippen LogP contribution < -0.4 is 16.0 Å². The fourth-order valence-electron chi connectivity index (χ4n) is 2.92. The Bertz CT molecular complexity index is 1180. The molecule has 2 amide bonds. The molecule has 0 aliphatic heterocycles. The molecule has 17 heteroatoms. The molecule has 5 N–H and O–H groups in total. The first-order valence-electron chi connectivity index (χ1n) is 11.4. The highest BCUT2D eigenvalue weighted by Crippen LogP contribution is 2.29. The Morgan fingerprint density at radius 1 is 1.07 bits per heavy atom. The lowest BCUT2D eigenvalue weighted by Gasteiger charge is -2.18. The van der Waals surface area contributed by atoms with Gasteiger partial charge in [-0.3, -0.25) is 24.5 Å². The fourth-order valence-corrected chi connectivity index (χ4v) is 3.11. The SMILES string of the molecule is O=C(O)C(F)(F)F.O=C(O)CC(NC(=O)CNC(=O)CCCCNc1ccccn1)c1ccc(Cl)c([N+](=O)[O-])c1. The van der Waals surface area contributed by atoms with Crippen LogP contribution in [-0.2, 0) is 19.2 Å². The average molecular weight is 592 g/mol. The minimum absolute atomic E-state index is 0.105. The molecule has 1 unspecified atom stereocenters. The number of benzene rings is 1. The van der Waals surface area contributed by atoms with Crippen LogP contribution in [0.4, 0.5) is 24.7 Å². The van der Waals surface area contributed by atoms with Gasteiger partial charge >= 0.3 is 18.1 Å². The first-order chi connectivity index (χ1) is 18.7. The van der Waals surface area contributed by atoms with E-state index in [1.165, 1.54) is 12.1 Å². The summed E-state index contributed by atoms with van der Waals surface area (Å²) in [6.07, 6.45) is -2.35. The lowest BCUT2D eigenvalue weighted by molar-refractivity contribution is -0.384. The molecule has 0 saturated carbocycles. The predicted molar refractivity (Wildman–Crippen MR) is 135 cm³/mol. The summed E-state index contributed by atoms with van der Waals surface area (Å²) in [4.78, 5) is 58.8. The van der Waals surface area contributed by atoms with Crippen molar-refractivity contribution in [1.82, 2.24) is 15.6 Å². The van der Waals surface area contributed by atoms with Gasteiger partial charge in [-0.1, -0.05) is 23.7 Å². The topological polar surface area (TPSA) is 201 Å². The van der Waals surface area contributed by atoms with Crippen LogP contribution in [0.25, 0.3) is 0 Å². The molecule has 0 radical (unpaired) electrons. The van der Waals surface area contributed by atoms with Crippen molar-refractivity contribution in [2.24, 2.45) is 0 Å². The molecule has 1 aromatic carbocycles. The quantitative estimate of drug-likeness (QED) is 0.131. The van der Waals surface area contributed by atoms with Crippen molar-refractivity contribution in [2.45, 2.75) is 37.9 Å². The molecule has 0 fully saturated rings. The van der Waals surface area contributed by atoms with Gasteiger partial charge in [-0.2, -0.15) is 13.2 Å².